The van der Waals surface area contributed by atoms with Gasteiger partial charge in [0.2, 0.25) is 11.8 Å². The number of aromatic nitrogens is 1. The van der Waals surface area contributed by atoms with E-state index < -0.39 is 11.8 Å². The zero-order valence-electron chi connectivity index (χ0n) is 13.8. The van der Waals surface area contributed by atoms with Gasteiger partial charge in [0.05, 0.1) is 24.9 Å². The number of pyridine rings is 1. The largest absolute Gasteiger partial charge is 0.495 e. The lowest BCUT2D eigenvalue weighted by Crippen LogP contribution is -2.27. The van der Waals surface area contributed by atoms with Crippen LogP contribution in [0.5, 0.6) is 11.5 Å². The van der Waals surface area contributed by atoms with E-state index in [-0.39, 0.29) is 6.42 Å². The Morgan fingerprint density at radius 1 is 1.16 bits per heavy atom. The molecule has 132 valence electrons. The molecule has 1 heterocycles. The fraction of sp³-hybridized carbons (Fsp3) is 0.235. The molecule has 1 aromatic heterocycles. The second kappa shape index (κ2) is 8.89. The second-order valence-corrected chi connectivity index (χ2v) is 5.46. The van der Waals surface area contributed by atoms with Gasteiger partial charge in [-0.3, -0.25) is 14.6 Å². The number of hydrogen-bond acceptors (Lipinski definition) is 5. The zero-order valence-corrected chi connectivity index (χ0v) is 14.6. The molecule has 0 bridgehead atoms. The monoisotopic (exact) mass is 363 g/mol. The van der Waals surface area contributed by atoms with Crippen molar-refractivity contribution in [2.75, 3.05) is 19.5 Å². The number of carbonyl (C=O) groups excluding carboxylic acids is 2. The van der Waals surface area contributed by atoms with Crippen LogP contribution < -0.4 is 20.1 Å². The van der Waals surface area contributed by atoms with Gasteiger partial charge in [-0.2, -0.15) is 0 Å². The minimum atomic E-state index is -0.480. The fourth-order valence-corrected chi connectivity index (χ4v) is 2.30. The van der Waals surface area contributed by atoms with Gasteiger partial charge in [0, 0.05) is 31.1 Å². The first-order valence-electron chi connectivity index (χ1n) is 7.40. The first-order valence-corrected chi connectivity index (χ1v) is 7.78. The van der Waals surface area contributed by atoms with Gasteiger partial charge in [0.15, 0.2) is 0 Å². The highest BCUT2D eigenvalue weighted by molar-refractivity contribution is 6.32. The van der Waals surface area contributed by atoms with E-state index in [0.717, 1.165) is 5.56 Å². The summed E-state index contributed by atoms with van der Waals surface area (Å²) in [5.74, 6) is -0.124. The molecule has 2 aromatic rings. The van der Waals surface area contributed by atoms with E-state index in [4.69, 9.17) is 21.1 Å². The van der Waals surface area contributed by atoms with Crippen molar-refractivity contribution in [2.45, 2.75) is 13.0 Å². The molecular formula is C17H18ClN3O4. The summed E-state index contributed by atoms with van der Waals surface area (Å²) in [6.45, 7) is 0.304. The van der Waals surface area contributed by atoms with Crippen molar-refractivity contribution >= 4 is 29.1 Å². The summed E-state index contributed by atoms with van der Waals surface area (Å²) in [6.07, 6.45) is 2.96. The van der Waals surface area contributed by atoms with Crippen LogP contribution in [0.15, 0.2) is 36.7 Å². The molecule has 8 heteroatoms. The summed E-state index contributed by atoms with van der Waals surface area (Å²) in [6, 6.07) is 6.66. The molecule has 7 nitrogen and oxygen atoms in total. The number of hydrogen-bond donors (Lipinski definition) is 2. The molecule has 0 aliphatic carbocycles. The van der Waals surface area contributed by atoms with E-state index in [9.17, 15) is 9.59 Å². The van der Waals surface area contributed by atoms with Crippen LogP contribution in [0.1, 0.15) is 12.0 Å². The molecule has 2 N–H and O–H groups in total. The molecule has 2 rings (SSSR count). The summed E-state index contributed by atoms with van der Waals surface area (Å²) >= 11 is 6.01. The van der Waals surface area contributed by atoms with Crippen LogP contribution in [0.3, 0.4) is 0 Å². The third-order valence-electron chi connectivity index (χ3n) is 3.28. The number of nitrogens with one attached hydrogen (secondary N) is 2. The lowest BCUT2D eigenvalue weighted by Gasteiger charge is -2.13. The van der Waals surface area contributed by atoms with Crippen molar-refractivity contribution in [1.82, 2.24) is 10.3 Å². The molecule has 0 aliphatic rings. The maximum absolute atomic E-state index is 12.1. The van der Waals surface area contributed by atoms with Gasteiger partial charge in [0.25, 0.3) is 0 Å². The zero-order chi connectivity index (χ0) is 18.2. The molecule has 1 aromatic carbocycles. The van der Waals surface area contributed by atoms with Crippen LogP contribution in [-0.2, 0) is 16.1 Å². The quantitative estimate of drug-likeness (QED) is 0.737. The van der Waals surface area contributed by atoms with Gasteiger partial charge in [-0.15, -0.1) is 0 Å². The highest BCUT2D eigenvalue weighted by Gasteiger charge is 2.15. The molecular weight excluding hydrogens is 346 g/mol. The van der Waals surface area contributed by atoms with Crippen molar-refractivity contribution in [2.24, 2.45) is 0 Å². The topological polar surface area (TPSA) is 89.5 Å². The lowest BCUT2D eigenvalue weighted by atomic mass is 10.2. The van der Waals surface area contributed by atoms with Crippen LogP contribution in [0.25, 0.3) is 0 Å². The van der Waals surface area contributed by atoms with E-state index in [1.54, 1.807) is 18.5 Å². The Bertz CT molecular complexity index is 753. The van der Waals surface area contributed by atoms with Crippen LogP contribution >= 0.6 is 11.6 Å². The highest BCUT2D eigenvalue weighted by Crippen LogP contribution is 2.35. The molecule has 0 atom stereocenters. The standard InChI is InChI=1S/C17H18ClN3O4/c1-24-14-7-13(15(25-2)6-12(14)18)21-17(23)8-16(22)20-10-11-4-3-5-19-9-11/h3-7,9H,8,10H2,1-2H3,(H,20,22)(H,21,23). The van der Waals surface area contributed by atoms with Gasteiger partial charge in [0.1, 0.15) is 17.9 Å². The molecule has 0 spiro atoms. The second-order valence-electron chi connectivity index (χ2n) is 5.05. The summed E-state index contributed by atoms with van der Waals surface area (Å²) in [7, 11) is 2.92. The van der Waals surface area contributed by atoms with Gasteiger partial charge < -0.3 is 20.1 Å². The summed E-state index contributed by atoms with van der Waals surface area (Å²) in [5.41, 5.74) is 1.22. The predicted molar refractivity (Wildman–Crippen MR) is 93.9 cm³/mol. The Labute approximate surface area is 150 Å². The van der Waals surface area contributed by atoms with Crippen molar-refractivity contribution in [1.29, 1.82) is 0 Å². The van der Waals surface area contributed by atoms with E-state index in [1.165, 1.54) is 26.4 Å². The van der Waals surface area contributed by atoms with Crippen molar-refractivity contribution < 1.29 is 19.1 Å². The van der Waals surface area contributed by atoms with Gasteiger partial charge in [-0.1, -0.05) is 17.7 Å². The SMILES string of the molecule is COc1cc(NC(=O)CC(=O)NCc2cccnc2)c(OC)cc1Cl. The lowest BCUT2D eigenvalue weighted by molar-refractivity contribution is -0.126. The van der Waals surface area contributed by atoms with Gasteiger partial charge >= 0.3 is 0 Å². The molecule has 0 radical (unpaired) electrons. The van der Waals surface area contributed by atoms with E-state index >= 15 is 0 Å². The van der Waals surface area contributed by atoms with Crippen molar-refractivity contribution in [3.8, 4) is 11.5 Å². The summed E-state index contributed by atoms with van der Waals surface area (Å²) in [5, 5.41) is 5.63. The molecule has 0 fully saturated rings. The highest BCUT2D eigenvalue weighted by atomic mass is 35.5. The first-order chi connectivity index (χ1) is 12.0. The fourth-order valence-electron chi connectivity index (χ4n) is 2.06. The minimum Gasteiger partial charge on any atom is -0.495 e. The summed E-state index contributed by atoms with van der Waals surface area (Å²) < 4.78 is 10.3. The third-order valence-corrected chi connectivity index (χ3v) is 3.58. The Kier molecular flexibility index (Phi) is 6.59. The summed E-state index contributed by atoms with van der Waals surface area (Å²) in [4.78, 5) is 27.9. The Hall–Kier alpha value is -2.80. The number of carbonyl (C=O) groups is 2. The van der Waals surface area contributed by atoms with Crippen LogP contribution in [0.2, 0.25) is 5.02 Å². The molecule has 0 aliphatic heterocycles. The van der Waals surface area contributed by atoms with Crippen molar-refractivity contribution in [3.63, 3.8) is 0 Å². The van der Waals surface area contributed by atoms with E-state index in [0.29, 0.717) is 28.8 Å². The van der Waals surface area contributed by atoms with Gasteiger partial charge in [-0.05, 0) is 11.6 Å². The number of methoxy groups -OCH3 is 2. The van der Waals surface area contributed by atoms with Crippen LogP contribution in [0, 0.1) is 0 Å². The Balaban J connectivity index is 1.94. The maximum atomic E-state index is 12.1. The average Bonchev–Trinajstić information content (AvgIpc) is 2.61. The number of halogens is 1. The minimum absolute atomic E-state index is 0.304. The smallest absolute Gasteiger partial charge is 0.233 e. The Morgan fingerprint density at radius 3 is 2.56 bits per heavy atom. The van der Waals surface area contributed by atoms with Gasteiger partial charge in [-0.25, -0.2) is 0 Å². The maximum Gasteiger partial charge on any atom is 0.233 e. The number of rotatable bonds is 7. The first kappa shape index (κ1) is 18.5. The normalized spacial score (nSPS) is 10.0. The number of amides is 2. The number of anilines is 1. The number of benzene rings is 1. The Morgan fingerprint density at radius 2 is 1.92 bits per heavy atom. The number of nitrogens with zero attached hydrogens (tertiary/aromatic N) is 1. The van der Waals surface area contributed by atoms with E-state index in [1.807, 2.05) is 6.07 Å². The molecule has 0 saturated carbocycles. The molecule has 0 saturated heterocycles. The predicted octanol–water partition coefficient (Wildman–Crippen LogP) is 2.40. The molecule has 0 unspecified atom stereocenters. The molecule has 25 heavy (non-hydrogen) atoms. The average molecular weight is 364 g/mol. The van der Waals surface area contributed by atoms with Crippen LogP contribution in [-0.4, -0.2) is 31.0 Å². The number of ether oxygens (including phenoxy) is 2. The van der Waals surface area contributed by atoms with Crippen molar-refractivity contribution in [3.05, 3.63) is 47.2 Å². The third kappa shape index (κ3) is 5.36. The van der Waals surface area contributed by atoms with Crippen LogP contribution in [0.4, 0.5) is 5.69 Å². The molecule has 2 amide bonds. The van der Waals surface area contributed by atoms with E-state index in [2.05, 4.69) is 15.6 Å².